The molecule has 2 saturated heterocycles. The highest BCUT2D eigenvalue weighted by Crippen LogP contribution is 2.70. The average Bonchev–Trinajstić information content (AvgIpc) is 2.83. The molecule has 8 atom stereocenters. The Balaban J connectivity index is 1.85. The lowest BCUT2D eigenvalue weighted by Gasteiger charge is -2.33. The van der Waals surface area contributed by atoms with E-state index in [-0.39, 0.29) is 0 Å². The standard InChI is InChI=1S/C12H17IO3/c1-4(2)12-8-6-3-5(7(8)11(14)16-12)9(13)10(6)15-12/h4-11,14H,3H2,1-2H3/t5-,6+,7+,8+,9-,10-,11-,12-/m0/s1. The highest BCUT2D eigenvalue weighted by molar-refractivity contribution is 14.1. The molecule has 2 aliphatic heterocycles. The molecule has 2 bridgehead atoms. The number of rotatable bonds is 1. The zero-order valence-electron chi connectivity index (χ0n) is 9.47. The van der Waals surface area contributed by atoms with Gasteiger partial charge >= 0.3 is 0 Å². The average molecular weight is 336 g/mol. The summed E-state index contributed by atoms with van der Waals surface area (Å²) < 4.78 is 12.7. The molecule has 4 fully saturated rings. The third-order valence-electron chi connectivity index (χ3n) is 5.28. The van der Waals surface area contributed by atoms with E-state index in [2.05, 4.69) is 36.4 Å². The molecular weight excluding hydrogens is 319 g/mol. The van der Waals surface area contributed by atoms with Crippen LogP contribution >= 0.6 is 22.6 Å². The molecule has 1 N–H and O–H groups in total. The number of ether oxygens (including phenoxy) is 2. The predicted molar refractivity (Wildman–Crippen MR) is 65.9 cm³/mol. The zero-order valence-corrected chi connectivity index (χ0v) is 11.6. The second-order valence-electron chi connectivity index (χ2n) is 6.08. The molecular formula is C12H17IO3. The molecule has 3 nitrogen and oxygen atoms in total. The minimum absolute atomic E-state index is 0.324. The van der Waals surface area contributed by atoms with Gasteiger partial charge < -0.3 is 14.6 Å². The number of halogens is 1. The van der Waals surface area contributed by atoms with Crippen molar-refractivity contribution in [3.63, 3.8) is 0 Å². The molecule has 2 heterocycles. The van der Waals surface area contributed by atoms with Gasteiger partial charge in [-0.1, -0.05) is 36.4 Å². The summed E-state index contributed by atoms with van der Waals surface area (Å²) in [7, 11) is 0. The first-order chi connectivity index (χ1) is 7.56. The summed E-state index contributed by atoms with van der Waals surface area (Å²) in [5.41, 5.74) is 0. The van der Waals surface area contributed by atoms with Gasteiger partial charge in [-0.05, 0) is 18.3 Å². The third-order valence-corrected chi connectivity index (χ3v) is 6.92. The molecule has 0 aromatic carbocycles. The van der Waals surface area contributed by atoms with Crippen LogP contribution in [0.15, 0.2) is 0 Å². The van der Waals surface area contributed by atoms with Crippen molar-refractivity contribution in [2.75, 3.05) is 0 Å². The van der Waals surface area contributed by atoms with Gasteiger partial charge in [-0.2, -0.15) is 0 Å². The SMILES string of the molecule is CC(C)[C@@]12O[C@@H]3[C@@H](I)[C@H]4C[C@@H]3[C@@H]1[C@@H]4[C@@H](O)O2. The number of fused-ring (bicyclic) bond motifs is 2. The maximum Gasteiger partial charge on any atom is 0.177 e. The van der Waals surface area contributed by atoms with Crippen LogP contribution in [0.4, 0.5) is 0 Å². The largest absolute Gasteiger partial charge is 0.368 e. The van der Waals surface area contributed by atoms with Gasteiger partial charge in [0.1, 0.15) is 0 Å². The minimum Gasteiger partial charge on any atom is -0.368 e. The van der Waals surface area contributed by atoms with Crippen molar-refractivity contribution in [2.45, 2.75) is 42.4 Å². The van der Waals surface area contributed by atoms with E-state index in [0.29, 0.717) is 39.6 Å². The van der Waals surface area contributed by atoms with Gasteiger partial charge in [-0.15, -0.1) is 0 Å². The lowest BCUT2D eigenvalue weighted by molar-refractivity contribution is -0.289. The van der Waals surface area contributed by atoms with E-state index < -0.39 is 12.1 Å². The fraction of sp³-hybridized carbons (Fsp3) is 1.00. The van der Waals surface area contributed by atoms with Crippen LogP contribution in [0.5, 0.6) is 0 Å². The van der Waals surface area contributed by atoms with Gasteiger partial charge in [0, 0.05) is 21.7 Å². The Morgan fingerprint density at radius 3 is 2.75 bits per heavy atom. The van der Waals surface area contributed by atoms with Crippen molar-refractivity contribution in [1.82, 2.24) is 0 Å². The first-order valence-electron chi connectivity index (χ1n) is 6.24. The molecule has 0 radical (unpaired) electrons. The number of hydrogen-bond donors (Lipinski definition) is 1. The van der Waals surface area contributed by atoms with Gasteiger partial charge in [-0.3, -0.25) is 0 Å². The highest BCUT2D eigenvalue weighted by Gasteiger charge is 2.76. The Bertz CT molecular complexity index is 347. The Hall–Kier alpha value is 0.610. The van der Waals surface area contributed by atoms with E-state index >= 15 is 0 Å². The lowest BCUT2D eigenvalue weighted by Crippen LogP contribution is -2.41. The smallest absolute Gasteiger partial charge is 0.177 e. The maximum atomic E-state index is 10.1. The molecule has 4 aliphatic rings. The summed E-state index contributed by atoms with van der Waals surface area (Å²) in [6, 6.07) is 0. The molecule has 4 rings (SSSR count). The van der Waals surface area contributed by atoms with Crippen LogP contribution in [0.25, 0.3) is 0 Å². The highest BCUT2D eigenvalue weighted by atomic mass is 127. The zero-order chi connectivity index (χ0) is 11.2. The predicted octanol–water partition coefficient (Wildman–Crippen LogP) is 1.77. The van der Waals surface area contributed by atoms with Gasteiger partial charge in [0.25, 0.3) is 0 Å². The second-order valence-corrected chi connectivity index (χ2v) is 7.52. The van der Waals surface area contributed by atoms with Gasteiger partial charge in [0.2, 0.25) is 0 Å². The minimum atomic E-state index is -0.596. The van der Waals surface area contributed by atoms with Crippen molar-refractivity contribution in [2.24, 2.45) is 29.6 Å². The van der Waals surface area contributed by atoms with Crippen LogP contribution in [0.1, 0.15) is 20.3 Å². The van der Waals surface area contributed by atoms with Crippen molar-refractivity contribution < 1.29 is 14.6 Å². The lowest BCUT2D eigenvalue weighted by atomic mass is 9.75. The van der Waals surface area contributed by atoms with E-state index in [1.54, 1.807) is 0 Å². The van der Waals surface area contributed by atoms with Crippen molar-refractivity contribution >= 4 is 22.6 Å². The van der Waals surface area contributed by atoms with Crippen LogP contribution in [-0.2, 0) is 9.47 Å². The van der Waals surface area contributed by atoms with Crippen molar-refractivity contribution in [3.8, 4) is 0 Å². The van der Waals surface area contributed by atoms with E-state index in [4.69, 9.17) is 9.47 Å². The summed E-state index contributed by atoms with van der Waals surface area (Å²) in [6.07, 6.45) is 1.02. The molecule has 0 amide bonds. The van der Waals surface area contributed by atoms with E-state index in [0.717, 1.165) is 0 Å². The summed E-state index contributed by atoms with van der Waals surface area (Å²) in [5.74, 6) is 1.87. The van der Waals surface area contributed by atoms with E-state index in [9.17, 15) is 5.11 Å². The normalized spacial score (nSPS) is 66.2. The quantitative estimate of drug-likeness (QED) is 0.586. The molecule has 16 heavy (non-hydrogen) atoms. The first-order valence-corrected chi connectivity index (χ1v) is 7.48. The Morgan fingerprint density at radius 2 is 2.06 bits per heavy atom. The van der Waals surface area contributed by atoms with Crippen LogP contribution in [0.3, 0.4) is 0 Å². The Kier molecular flexibility index (Phi) is 1.94. The van der Waals surface area contributed by atoms with Crippen molar-refractivity contribution in [1.29, 1.82) is 0 Å². The van der Waals surface area contributed by atoms with Crippen molar-refractivity contribution in [3.05, 3.63) is 0 Å². The molecule has 90 valence electrons. The number of aliphatic hydroxyl groups excluding tert-OH is 1. The summed E-state index contributed by atoms with van der Waals surface area (Å²) in [4.78, 5) is 0. The molecule has 0 spiro atoms. The molecule has 2 aliphatic carbocycles. The fourth-order valence-corrected chi connectivity index (χ4v) is 6.21. The van der Waals surface area contributed by atoms with E-state index in [1.807, 2.05) is 0 Å². The molecule has 0 aromatic heterocycles. The van der Waals surface area contributed by atoms with Gasteiger partial charge in [0.15, 0.2) is 12.1 Å². The molecule has 0 unspecified atom stereocenters. The van der Waals surface area contributed by atoms with E-state index in [1.165, 1.54) is 6.42 Å². The fourth-order valence-electron chi connectivity index (χ4n) is 4.76. The van der Waals surface area contributed by atoms with Crippen LogP contribution in [0.2, 0.25) is 0 Å². The maximum absolute atomic E-state index is 10.1. The third kappa shape index (κ3) is 0.907. The first kappa shape index (κ1) is 10.5. The number of aliphatic hydroxyl groups is 1. The monoisotopic (exact) mass is 336 g/mol. The Labute approximate surface area is 109 Å². The van der Waals surface area contributed by atoms with Gasteiger partial charge in [0.05, 0.1) is 6.10 Å². The Morgan fingerprint density at radius 1 is 1.31 bits per heavy atom. The molecule has 0 aromatic rings. The topological polar surface area (TPSA) is 38.7 Å². The number of alkyl halides is 1. The van der Waals surface area contributed by atoms with Crippen LogP contribution in [0, 0.1) is 29.6 Å². The van der Waals surface area contributed by atoms with Crippen LogP contribution in [-0.4, -0.2) is 27.2 Å². The van der Waals surface area contributed by atoms with Gasteiger partial charge in [-0.25, -0.2) is 0 Å². The second kappa shape index (κ2) is 2.95. The summed E-state index contributed by atoms with van der Waals surface area (Å²) in [5, 5.41) is 10.1. The van der Waals surface area contributed by atoms with Crippen LogP contribution < -0.4 is 0 Å². The summed E-state index contributed by atoms with van der Waals surface area (Å²) in [6.45, 7) is 4.30. The number of hydrogen-bond acceptors (Lipinski definition) is 3. The summed E-state index contributed by atoms with van der Waals surface area (Å²) >= 11 is 2.52. The molecule has 4 heteroatoms. The molecule has 2 saturated carbocycles.